The Kier molecular flexibility index (Phi) is 8.84. The third kappa shape index (κ3) is 7.12. The Morgan fingerprint density at radius 1 is 1.38 bits per heavy atom. The van der Waals surface area contributed by atoms with Gasteiger partial charge >= 0.3 is 0 Å². The van der Waals surface area contributed by atoms with Crippen LogP contribution in [0, 0.1) is 17.3 Å². The van der Waals surface area contributed by atoms with Gasteiger partial charge in [-0.2, -0.15) is 0 Å². The van der Waals surface area contributed by atoms with E-state index in [1.54, 1.807) is 7.11 Å². The Morgan fingerprint density at radius 3 is 2.71 bits per heavy atom. The van der Waals surface area contributed by atoms with Crippen molar-refractivity contribution in [3.63, 3.8) is 0 Å². The first-order valence-electron chi connectivity index (χ1n) is 8.93. The summed E-state index contributed by atoms with van der Waals surface area (Å²) >= 11 is 0. The lowest BCUT2D eigenvalue weighted by Gasteiger charge is -2.43. The Labute approximate surface area is 132 Å². The van der Waals surface area contributed by atoms with Gasteiger partial charge < -0.3 is 15.0 Å². The van der Waals surface area contributed by atoms with Gasteiger partial charge in [0, 0.05) is 26.7 Å². The van der Waals surface area contributed by atoms with Gasteiger partial charge in [-0.15, -0.1) is 0 Å². The summed E-state index contributed by atoms with van der Waals surface area (Å²) in [5.74, 6) is 1.61. The predicted molar refractivity (Wildman–Crippen MR) is 91.8 cm³/mol. The first kappa shape index (κ1) is 18.9. The molecular weight excluding hydrogens is 260 g/mol. The Hall–Kier alpha value is -0.120. The molecule has 1 N–H and O–H groups in total. The number of methoxy groups -OCH3 is 1. The number of hydrogen-bond donors (Lipinski definition) is 1. The predicted octanol–water partition coefficient (Wildman–Crippen LogP) is 3.40. The number of nitrogens with one attached hydrogen (secondary N) is 1. The van der Waals surface area contributed by atoms with Crippen LogP contribution in [0.15, 0.2) is 0 Å². The molecule has 0 radical (unpaired) electrons. The van der Waals surface area contributed by atoms with Crippen LogP contribution < -0.4 is 5.32 Å². The van der Waals surface area contributed by atoms with Crippen LogP contribution in [0.4, 0.5) is 0 Å². The normalized spacial score (nSPS) is 26.7. The molecule has 0 spiro atoms. The molecule has 0 bridgehead atoms. The van der Waals surface area contributed by atoms with E-state index in [0.29, 0.717) is 5.41 Å². The average Bonchev–Trinajstić information content (AvgIpc) is 2.43. The lowest BCUT2D eigenvalue weighted by molar-refractivity contribution is 0.0657. The van der Waals surface area contributed by atoms with Crippen LogP contribution >= 0.6 is 0 Å². The number of rotatable bonds is 10. The van der Waals surface area contributed by atoms with E-state index in [1.807, 2.05) is 0 Å². The van der Waals surface area contributed by atoms with Crippen molar-refractivity contribution in [3.05, 3.63) is 0 Å². The van der Waals surface area contributed by atoms with Crippen LogP contribution in [0.3, 0.4) is 0 Å². The molecule has 1 aliphatic rings. The Morgan fingerprint density at radius 2 is 2.14 bits per heavy atom. The van der Waals surface area contributed by atoms with Crippen LogP contribution in [0.25, 0.3) is 0 Å². The minimum absolute atomic E-state index is 0.469. The van der Waals surface area contributed by atoms with Gasteiger partial charge in [0.05, 0.1) is 6.61 Å². The maximum absolute atomic E-state index is 5.27. The summed E-state index contributed by atoms with van der Waals surface area (Å²) in [5.41, 5.74) is 0.469. The monoisotopic (exact) mass is 298 g/mol. The van der Waals surface area contributed by atoms with E-state index in [0.717, 1.165) is 38.1 Å². The number of hydrogen-bond acceptors (Lipinski definition) is 3. The molecule has 21 heavy (non-hydrogen) atoms. The maximum atomic E-state index is 5.27. The van der Waals surface area contributed by atoms with Crippen LogP contribution in [-0.4, -0.2) is 51.3 Å². The topological polar surface area (TPSA) is 24.5 Å². The quantitative estimate of drug-likeness (QED) is 0.669. The second-order valence-corrected chi connectivity index (χ2v) is 7.59. The van der Waals surface area contributed by atoms with Crippen molar-refractivity contribution in [2.75, 3.05) is 46.4 Å². The van der Waals surface area contributed by atoms with Crippen molar-refractivity contribution in [1.82, 2.24) is 10.2 Å². The molecule has 126 valence electrons. The van der Waals surface area contributed by atoms with E-state index >= 15 is 0 Å². The molecule has 0 aromatic carbocycles. The number of likely N-dealkylation sites (N-methyl/N-ethyl adjacent to an activating group) is 1. The molecule has 0 aliphatic heterocycles. The number of nitrogens with zero attached hydrogens (tertiary/aromatic N) is 1. The second-order valence-electron chi connectivity index (χ2n) is 7.59. The van der Waals surface area contributed by atoms with E-state index in [9.17, 15) is 0 Å². The molecule has 1 aliphatic carbocycles. The third-order valence-electron chi connectivity index (χ3n) is 4.86. The van der Waals surface area contributed by atoms with Gasteiger partial charge in [0.2, 0.25) is 0 Å². The highest BCUT2D eigenvalue weighted by Crippen LogP contribution is 2.39. The molecule has 1 rings (SSSR count). The summed E-state index contributed by atoms with van der Waals surface area (Å²) in [6, 6.07) is 0. The van der Waals surface area contributed by atoms with Crippen LogP contribution in [0.5, 0.6) is 0 Å². The van der Waals surface area contributed by atoms with Gasteiger partial charge in [0.25, 0.3) is 0 Å². The minimum atomic E-state index is 0.469. The standard InChI is InChI=1S/C18H38N2O/c1-6-20(10-11-21-5)15-18(14-19-13-16(2)3)9-7-8-17(4)12-18/h16-17,19H,6-15H2,1-5H3. The second kappa shape index (κ2) is 9.81. The summed E-state index contributed by atoms with van der Waals surface area (Å²) in [7, 11) is 1.80. The van der Waals surface area contributed by atoms with Crippen molar-refractivity contribution in [2.24, 2.45) is 17.3 Å². The van der Waals surface area contributed by atoms with Gasteiger partial charge in [-0.3, -0.25) is 0 Å². The minimum Gasteiger partial charge on any atom is -0.383 e. The van der Waals surface area contributed by atoms with E-state index in [2.05, 4.69) is 37.9 Å². The van der Waals surface area contributed by atoms with Crippen LogP contribution in [-0.2, 0) is 4.74 Å². The SMILES string of the molecule is CCN(CCOC)CC1(CNCC(C)C)CCCC(C)C1. The molecular formula is C18H38N2O. The molecule has 0 amide bonds. The van der Waals surface area contributed by atoms with Crippen LogP contribution in [0.1, 0.15) is 53.4 Å². The first-order valence-corrected chi connectivity index (χ1v) is 8.93. The largest absolute Gasteiger partial charge is 0.383 e. The van der Waals surface area contributed by atoms with Crippen molar-refractivity contribution >= 4 is 0 Å². The van der Waals surface area contributed by atoms with Gasteiger partial charge in [0.15, 0.2) is 0 Å². The Bertz CT molecular complexity index is 270. The lowest BCUT2D eigenvalue weighted by Crippen LogP contribution is -2.47. The molecule has 0 aromatic rings. The van der Waals surface area contributed by atoms with Gasteiger partial charge in [-0.05, 0) is 43.2 Å². The van der Waals surface area contributed by atoms with Crippen molar-refractivity contribution < 1.29 is 4.74 Å². The molecule has 0 heterocycles. The molecule has 3 nitrogen and oxygen atoms in total. The fourth-order valence-corrected chi connectivity index (χ4v) is 3.80. The Balaban J connectivity index is 2.61. The summed E-state index contributed by atoms with van der Waals surface area (Å²) in [5, 5.41) is 3.74. The molecule has 2 unspecified atom stereocenters. The first-order chi connectivity index (χ1) is 10.0. The molecule has 3 heteroatoms. The summed E-state index contributed by atoms with van der Waals surface area (Å²) in [4.78, 5) is 2.58. The van der Waals surface area contributed by atoms with Gasteiger partial charge in [-0.1, -0.05) is 40.5 Å². The highest BCUT2D eigenvalue weighted by molar-refractivity contribution is 4.90. The average molecular weight is 299 g/mol. The van der Waals surface area contributed by atoms with Gasteiger partial charge in [0.1, 0.15) is 0 Å². The summed E-state index contributed by atoms with van der Waals surface area (Å²) in [6.45, 7) is 15.9. The summed E-state index contributed by atoms with van der Waals surface area (Å²) in [6.07, 6.45) is 5.57. The highest BCUT2D eigenvalue weighted by atomic mass is 16.5. The fraction of sp³-hybridized carbons (Fsp3) is 1.00. The van der Waals surface area contributed by atoms with E-state index in [1.165, 1.54) is 38.8 Å². The van der Waals surface area contributed by atoms with Crippen molar-refractivity contribution in [2.45, 2.75) is 53.4 Å². The van der Waals surface area contributed by atoms with Crippen molar-refractivity contribution in [1.29, 1.82) is 0 Å². The van der Waals surface area contributed by atoms with E-state index in [-0.39, 0.29) is 0 Å². The smallest absolute Gasteiger partial charge is 0.0589 e. The van der Waals surface area contributed by atoms with Crippen molar-refractivity contribution in [3.8, 4) is 0 Å². The molecule has 0 saturated heterocycles. The molecule has 1 saturated carbocycles. The van der Waals surface area contributed by atoms with E-state index < -0.39 is 0 Å². The van der Waals surface area contributed by atoms with Crippen LogP contribution in [0.2, 0.25) is 0 Å². The van der Waals surface area contributed by atoms with E-state index in [4.69, 9.17) is 4.74 Å². The molecule has 1 fully saturated rings. The fourth-order valence-electron chi connectivity index (χ4n) is 3.80. The lowest BCUT2D eigenvalue weighted by atomic mass is 9.69. The zero-order valence-corrected chi connectivity index (χ0v) is 15.1. The van der Waals surface area contributed by atoms with Gasteiger partial charge in [-0.25, -0.2) is 0 Å². The zero-order chi connectivity index (χ0) is 15.7. The third-order valence-corrected chi connectivity index (χ3v) is 4.86. The maximum Gasteiger partial charge on any atom is 0.0589 e. The number of ether oxygens (including phenoxy) is 1. The highest BCUT2D eigenvalue weighted by Gasteiger charge is 2.35. The molecule has 0 aromatic heterocycles. The zero-order valence-electron chi connectivity index (χ0n) is 15.1. The summed E-state index contributed by atoms with van der Waals surface area (Å²) < 4.78 is 5.27. The molecule has 2 atom stereocenters.